The lowest BCUT2D eigenvalue weighted by molar-refractivity contribution is 0.0681. The van der Waals surface area contributed by atoms with Crippen LogP contribution in [0.2, 0.25) is 0 Å². The van der Waals surface area contributed by atoms with Crippen molar-refractivity contribution in [3.05, 3.63) is 68.4 Å². The van der Waals surface area contributed by atoms with Gasteiger partial charge in [-0.25, -0.2) is 5.01 Å². The fourth-order valence-corrected chi connectivity index (χ4v) is 4.47. The van der Waals surface area contributed by atoms with E-state index in [-0.39, 0.29) is 11.9 Å². The van der Waals surface area contributed by atoms with E-state index in [1.54, 1.807) is 39.8 Å². The highest BCUT2D eigenvalue weighted by molar-refractivity contribution is 7.12. The number of hydrogen-bond donors (Lipinski definition) is 0. The van der Waals surface area contributed by atoms with Crippen molar-refractivity contribution in [2.75, 3.05) is 0 Å². The number of rotatable bonds is 3. The third-order valence-electron chi connectivity index (χ3n) is 3.86. The van der Waals surface area contributed by atoms with Gasteiger partial charge in [-0.05, 0) is 47.5 Å². The average Bonchev–Trinajstić information content (AvgIpc) is 3.32. The Balaban J connectivity index is 1.74. The van der Waals surface area contributed by atoms with Gasteiger partial charge in [0, 0.05) is 11.3 Å². The molecule has 0 radical (unpaired) electrons. The van der Waals surface area contributed by atoms with Gasteiger partial charge in [-0.3, -0.25) is 4.79 Å². The maximum absolute atomic E-state index is 12.8. The highest BCUT2D eigenvalue weighted by Crippen LogP contribution is 2.38. The second kappa shape index (κ2) is 5.79. The molecule has 0 aliphatic carbocycles. The summed E-state index contributed by atoms with van der Waals surface area (Å²) in [7, 11) is 0. The fourth-order valence-electron chi connectivity index (χ4n) is 2.73. The van der Waals surface area contributed by atoms with Gasteiger partial charge in [0.2, 0.25) is 0 Å². The maximum atomic E-state index is 12.8. The van der Waals surface area contributed by atoms with Crippen molar-refractivity contribution in [2.24, 2.45) is 5.10 Å². The molecule has 1 amide bonds. The molecule has 0 N–H and O–H groups in total. The average molecular weight is 342 g/mol. The Bertz CT molecular complexity index is 847. The largest absolute Gasteiger partial charge is 0.459 e. The third-order valence-corrected chi connectivity index (χ3v) is 5.90. The molecule has 4 nitrogen and oxygen atoms in total. The summed E-state index contributed by atoms with van der Waals surface area (Å²) in [6.07, 6.45) is 2.24. The SMILES string of the molecule is Cc1ccsc1C1CC(c2cccs2)=NN1C(=O)c1ccco1. The van der Waals surface area contributed by atoms with Crippen molar-refractivity contribution in [2.45, 2.75) is 19.4 Å². The van der Waals surface area contributed by atoms with Crippen molar-refractivity contribution in [3.8, 4) is 0 Å². The lowest BCUT2D eigenvalue weighted by atomic mass is 10.1. The van der Waals surface area contributed by atoms with Gasteiger partial charge in [0.25, 0.3) is 0 Å². The number of carbonyl (C=O) groups is 1. The molecule has 4 heterocycles. The monoisotopic (exact) mass is 342 g/mol. The molecule has 1 atom stereocenters. The van der Waals surface area contributed by atoms with Crippen molar-refractivity contribution >= 4 is 34.3 Å². The molecule has 6 heteroatoms. The molecule has 0 saturated heterocycles. The minimum absolute atomic E-state index is 0.0651. The van der Waals surface area contributed by atoms with E-state index in [2.05, 4.69) is 23.5 Å². The molecule has 1 aliphatic heterocycles. The highest BCUT2D eigenvalue weighted by atomic mass is 32.1. The number of carbonyl (C=O) groups excluding carboxylic acids is 1. The Labute approximate surface area is 141 Å². The number of nitrogens with zero attached hydrogens (tertiary/aromatic N) is 2. The second-order valence-electron chi connectivity index (χ2n) is 5.34. The maximum Gasteiger partial charge on any atom is 0.310 e. The van der Waals surface area contributed by atoms with E-state index in [4.69, 9.17) is 4.42 Å². The number of aryl methyl sites for hydroxylation is 1. The minimum atomic E-state index is -0.195. The molecule has 116 valence electrons. The summed E-state index contributed by atoms with van der Waals surface area (Å²) in [4.78, 5) is 15.1. The summed E-state index contributed by atoms with van der Waals surface area (Å²) in [5.41, 5.74) is 2.15. The number of thiophene rings is 2. The van der Waals surface area contributed by atoms with Crippen LogP contribution in [0, 0.1) is 6.92 Å². The van der Waals surface area contributed by atoms with E-state index in [0.717, 1.165) is 17.0 Å². The van der Waals surface area contributed by atoms with Gasteiger partial charge in [-0.1, -0.05) is 6.07 Å². The predicted molar refractivity (Wildman–Crippen MR) is 92.1 cm³/mol. The first-order valence-corrected chi connectivity index (χ1v) is 9.02. The van der Waals surface area contributed by atoms with E-state index in [9.17, 15) is 4.79 Å². The quantitative estimate of drug-likeness (QED) is 0.692. The fraction of sp³-hybridized carbons (Fsp3) is 0.176. The molecule has 0 bridgehead atoms. The zero-order valence-corrected chi connectivity index (χ0v) is 14.1. The first-order chi connectivity index (χ1) is 11.2. The zero-order chi connectivity index (χ0) is 15.8. The smallest absolute Gasteiger partial charge is 0.310 e. The minimum Gasteiger partial charge on any atom is -0.459 e. The molecular weight excluding hydrogens is 328 g/mol. The van der Waals surface area contributed by atoms with Crippen LogP contribution in [0.1, 0.15) is 38.3 Å². The Kier molecular flexibility index (Phi) is 3.63. The molecule has 0 spiro atoms. The first-order valence-electron chi connectivity index (χ1n) is 7.26. The Morgan fingerprint density at radius 2 is 2.17 bits per heavy atom. The molecule has 0 aromatic carbocycles. The lowest BCUT2D eigenvalue weighted by Gasteiger charge is -2.20. The normalized spacial score (nSPS) is 17.5. The van der Waals surface area contributed by atoms with Crippen LogP contribution in [0.3, 0.4) is 0 Å². The summed E-state index contributed by atoms with van der Waals surface area (Å²) in [6.45, 7) is 2.07. The Morgan fingerprint density at radius 1 is 1.26 bits per heavy atom. The summed E-state index contributed by atoms with van der Waals surface area (Å²) < 4.78 is 5.28. The van der Waals surface area contributed by atoms with E-state index in [1.807, 2.05) is 17.5 Å². The Hall–Kier alpha value is -2.18. The van der Waals surface area contributed by atoms with E-state index < -0.39 is 0 Å². The second-order valence-corrected chi connectivity index (χ2v) is 7.23. The lowest BCUT2D eigenvalue weighted by Crippen LogP contribution is -2.26. The number of amides is 1. The molecule has 0 saturated carbocycles. The van der Waals surface area contributed by atoms with Crippen molar-refractivity contribution < 1.29 is 9.21 Å². The summed E-state index contributed by atoms with van der Waals surface area (Å²) >= 11 is 3.32. The molecule has 3 aromatic heterocycles. The van der Waals surface area contributed by atoms with Crippen molar-refractivity contribution in [1.82, 2.24) is 5.01 Å². The topological polar surface area (TPSA) is 45.8 Å². The molecule has 4 rings (SSSR count). The molecule has 0 fully saturated rings. The van der Waals surface area contributed by atoms with Crippen LogP contribution in [0.15, 0.2) is 56.9 Å². The van der Waals surface area contributed by atoms with Gasteiger partial charge in [-0.15, -0.1) is 22.7 Å². The van der Waals surface area contributed by atoms with Crippen LogP contribution < -0.4 is 0 Å². The summed E-state index contributed by atoms with van der Waals surface area (Å²) in [5, 5.41) is 10.3. The molecular formula is C17H14N2O2S2. The number of hydrogen-bond acceptors (Lipinski definition) is 5. The molecule has 23 heavy (non-hydrogen) atoms. The third kappa shape index (κ3) is 2.54. The van der Waals surface area contributed by atoms with Crippen LogP contribution >= 0.6 is 22.7 Å². The number of furan rings is 1. The van der Waals surface area contributed by atoms with Crippen LogP contribution in [0.5, 0.6) is 0 Å². The summed E-state index contributed by atoms with van der Waals surface area (Å²) in [5.74, 6) is 0.125. The van der Waals surface area contributed by atoms with Gasteiger partial charge in [-0.2, -0.15) is 5.10 Å². The number of hydrazone groups is 1. The highest BCUT2D eigenvalue weighted by Gasteiger charge is 2.36. The standard InChI is InChI=1S/C17H14N2O2S2/c1-11-6-9-23-16(11)13-10-12(15-5-3-8-22-15)18-19(13)17(20)14-4-2-7-21-14/h2-9,13H,10H2,1H3. The van der Waals surface area contributed by atoms with E-state index in [0.29, 0.717) is 5.76 Å². The van der Waals surface area contributed by atoms with E-state index >= 15 is 0 Å². The van der Waals surface area contributed by atoms with Crippen molar-refractivity contribution in [1.29, 1.82) is 0 Å². The zero-order valence-electron chi connectivity index (χ0n) is 12.4. The van der Waals surface area contributed by atoms with Crippen LogP contribution in [0.25, 0.3) is 0 Å². The molecule has 1 unspecified atom stereocenters. The Morgan fingerprint density at radius 3 is 2.83 bits per heavy atom. The van der Waals surface area contributed by atoms with Crippen molar-refractivity contribution in [3.63, 3.8) is 0 Å². The van der Waals surface area contributed by atoms with Gasteiger partial charge < -0.3 is 4.42 Å². The van der Waals surface area contributed by atoms with Crippen LogP contribution in [-0.4, -0.2) is 16.6 Å². The van der Waals surface area contributed by atoms with E-state index in [1.165, 1.54) is 16.7 Å². The van der Waals surface area contributed by atoms with Gasteiger partial charge in [0.05, 0.1) is 22.9 Å². The molecule has 1 aliphatic rings. The van der Waals surface area contributed by atoms with Gasteiger partial charge in [0.15, 0.2) is 5.76 Å². The first kappa shape index (κ1) is 14.4. The van der Waals surface area contributed by atoms with Gasteiger partial charge >= 0.3 is 5.91 Å². The van der Waals surface area contributed by atoms with Crippen LogP contribution in [0.4, 0.5) is 0 Å². The summed E-state index contributed by atoms with van der Waals surface area (Å²) in [6, 6.07) is 9.47. The predicted octanol–water partition coefficient (Wildman–Crippen LogP) is 4.70. The van der Waals surface area contributed by atoms with Gasteiger partial charge in [0.1, 0.15) is 0 Å². The van der Waals surface area contributed by atoms with Crippen LogP contribution in [-0.2, 0) is 0 Å². The molecule has 3 aromatic rings.